The van der Waals surface area contributed by atoms with Gasteiger partial charge in [-0.25, -0.2) is 14.1 Å². The molecule has 7 rings (SSSR count). The lowest BCUT2D eigenvalue weighted by Crippen LogP contribution is -2.49. The number of carbonyl (C=O) groups is 2. The summed E-state index contributed by atoms with van der Waals surface area (Å²) in [6.45, 7) is 4.32. The van der Waals surface area contributed by atoms with Gasteiger partial charge in [-0.15, -0.1) is 0 Å². The summed E-state index contributed by atoms with van der Waals surface area (Å²) < 4.78 is 64.5. The van der Waals surface area contributed by atoms with Crippen molar-refractivity contribution >= 4 is 29.2 Å². The van der Waals surface area contributed by atoms with Gasteiger partial charge < -0.3 is 26.0 Å². The summed E-state index contributed by atoms with van der Waals surface area (Å²) in [7, 11) is 1.69. The lowest BCUT2D eigenvalue weighted by Gasteiger charge is -2.39. The van der Waals surface area contributed by atoms with Crippen LogP contribution in [0, 0.1) is 12.7 Å². The molecule has 4 heterocycles. The second kappa shape index (κ2) is 12.4. The number of amidine groups is 1. The molecular weight excluding hydrogens is 656 g/mol. The van der Waals surface area contributed by atoms with Gasteiger partial charge >= 0.3 is 6.18 Å². The van der Waals surface area contributed by atoms with Crippen LogP contribution in [0.3, 0.4) is 0 Å². The number of benzene rings is 1. The van der Waals surface area contributed by atoms with Crippen LogP contribution < -0.4 is 21.3 Å². The molecule has 2 aromatic heterocycles. The zero-order valence-electron chi connectivity index (χ0n) is 28.2. The minimum Gasteiger partial charge on any atom is -0.373 e. The number of piperidine rings is 1. The van der Waals surface area contributed by atoms with Gasteiger partial charge in [0.25, 0.3) is 5.91 Å². The molecule has 2 amide bonds. The van der Waals surface area contributed by atoms with Gasteiger partial charge in [-0.05, 0) is 75.3 Å². The second-order valence-electron chi connectivity index (χ2n) is 14.1. The first-order chi connectivity index (χ1) is 23.7. The van der Waals surface area contributed by atoms with E-state index < -0.39 is 34.5 Å². The molecule has 2 aliphatic carbocycles. The van der Waals surface area contributed by atoms with Gasteiger partial charge in [0.15, 0.2) is 0 Å². The molecule has 3 aromatic rings. The zero-order chi connectivity index (χ0) is 35.6. The maximum Gasteiger partial charge on any atom is 0.433 e. The SMILES string of the molecule is CNc1c(-c2cc(F)c(COC3CC3)c(N3CCC4(CC3)N=C(c3ccc(C(F)(F)F)nc3C3(C)CCC3)NC4=O)c2)c(C)nn1CC(N)=O. The minimum absolute atomic E-state index is 0.0812. The number of ether oxygens (including phenoxy) is 1. The highest BCUT2D eigenvalue weighted by Crippen LogP contribution is 2.46. The highest BCUT2D eigenvalue weighted by molar-refractivity contribution is 6.16. The summed E-state index contributed by atoms with van der Waals surface area (Å²) in [6.07, 6.45) is 0.222. The van der Waals surface area contributed by atoms with Gasteiger partial charge in [0, 0.05) is 47.9 Å². The van der Waals surface area contributed by atoms with Crippen molar-refractivity contribution in [2.45, 2.75) is 95.2 Å². The normalized spacial score (nSPS) is 19.7. The Labute approximate surface area is 286 Å². The third-order valence-electron chi connectivity index (χ3n) is 10.5. The molecule has 2 aliphatic heterocycles. The summed E-state index contributed by atoms with van der Waals surface area (Å²) in [6, 6.07) is 5.64. The Hall–Kier alpha value is -4.53. The third-order valence-corrected chi connectivity index (χ3v) is 10.5. The number of pyridine rings is 1. The number of rotatable bonds is 10. The summed E-state index contributed by atoms with van der Waals surface area (Å²) in [5.41, 5.74) is 6.30. The first-order valence-electron chi connectivity index (χ1n) is 16.9. The largest absolute Gasteiger partial charge is 0.433 e. The molecule has 50 heavy (non-hydrogen) atoms. The van der Waals surface area contributed by atoms with Gasteiger partial charge in [-0.2, -0.15) is 18.3 Å². The summed E-state index contributed by atoms with van der Waals surface area (Å²) in [4.78, 5) is 36.3. The number of carbonyl (C=O) groups excluding carboxylic acids is 2. The monoisotopic (exact) mass is 696 g/mol. The van der Waals surface area contributed by atoms with E-state index in [0.717, 1.165) is 25.3 Å². The topological polar surface area (TPSA) is 140 Å². The zero-order valence-corrected chi connectivity index (χ0v) is 28.2. The Bertz CT molecular complexity index is 1890. The number of hydrogen-bond donors (Lipinski definition) is 3. The quantitative estimate of drug-likeness (QED) is 0.254. The van der Waals surface area contributed by atoms with Gasteiger partial charge in [0.2, 0.25) is 5.91 Å². The molecule has 2 saturated carbocycles. The number of hydrogen-bond acceptors (Lipinski definition) is 8. The van der Waals surface area contributed by atoms with E-state index >= 15 is 4.39 Å². The minimum atomic E-state index is -4.60. The molecule has 1 aromatic carbocycles. The maximum atomic E-state index is 16.1. The van der Waals surface area contributed by atoms with Crippen molar-refractivity contribution in [1.29, 1.82) is 0 Å². The molecule has 0 radical (unpaired) electrons. The van der Waals surface area contributed by atoms with E-state index in [1.165, 1.54) is 16.8 Å². The number of nitrogens with one attached hydrogen (secondary N) is 2. The van der Waals surface area contributed by atoms with E-state index in [1.807, 2.05) is 17.9 Å². The number of amides is 2. The van der Waals surface area contributed by atoms with Crippen LogP contribution >= 0.6 is 0 Å². The van der Waals surface area contributed by atoms with Crippen LogP contribution in [0.4, 0.5) is 29.1 Å². The van der Waals surface area contributed by atoms with Crippen molar-refractivity contribution in [3.05, 3.63) is 58.3 Å². The molecule has 0 bridgehead atoms. The van der Waals surface area contributed by atoms with Crippen LogP contribution in [0.5, 0.6) is 0 Å². The van der Waals surface area contributed by atoms with Crippen LogP contribution in [0.2, 0.25) is 0 Å². The molecule has 4 aliphatic rings. The van der Waals surface area contributed by atoms with Crippen LogP contribution in [0.25, 0.3) is 11.1 Å². The Morgan fingerprint density at radius 1 is 1.16 bits per heavy atom. The number of primary amides is 1. The van der Waals surface area contributed by atoms with E-state index in [0.29, 0.717) is 83.9 Å². The Balaban J connectivity index is 1.21. The molecule has 1 spiro atoms. The number of nitrogens with zero attached hydrogens (tertiary/aromatic N) is 5. The van der Waals surface area contributed by atoms with Crippen LogP contribution in [0.1, 0.15) is 80.1 Å². The van der Waals surface area contributed by atoms with Crippen molar-refractivity contribution in [2.24, 2.45) is 10.7 Å². The average Bonchev–Trinajstić information content (AvgIpc) is 3.76. The first-order valence-corrected chi connectivity index (χ1v) is 16.9. The van der Waals surface area contributed by atoms with E-state index in [4.69, 9.17) is 15.5 Å². The highest BCUT2D eigenvalue weighted by atomic mass is 19.4. The number of aromatic nitrogens is 3. The average molecular weight is 697 g/mol. The summed E-state index contributed by atoms with van der Waals surface area (Å²) in [5, 5.41) is 10.4. The maximum absolute atomic E-state index is 16.1. The van der Waals surface area contributed by atoms with Crippen molar-refractivity contribution in [3.8, 4) is 11.1 Å². The van der Waals surface area contributed by atoms with E-state index in [-0.39, 0.29) is 31.0 Å². The van der Waals surface area contributed by atoms with Crippen molar-refractivity contribution in [3.63, 3.8) is 0 Å². The summed E-state index contributed by atoms with van der Waals surface area (Å²) >= 11 is 0. The molecule has 0 unspecified atom stereocenters. The van der Waals surface area contributed by atoms with Crippen molar-refractivity contribution in [1.82, 2.24) is 20.1 Å². The Morgan fingerprint density at radius 2 is 1.88 bits per heavy atom. The number of anilines is 2. The number of aryl methyl sites for hydroxylation is 1. The first kappa shape index (κ1) is 33.9. The molecule has 4 N–H and O–H groups in total. The lowest BCUT2D eigenvalue weighted by molar-refractivity contribution is -0.141. The summed E-state index contributed by atoms with van der Waals surface area (Å²) in [5.74, 6) is -0.577. The number of alkyl halides is 3. The van der Waals surface area contributed by atoms with Gasteiger partial charge in [-0.3, -0.25) is 14.6 Å². The predicted octanol–water partition coefficient (Wildman–Crippen LogP) is 4.97. The van der Waals surface area contributed by atoms with Crippen LogP contribution in [-0.4, -0.2) is 64.2 Å². The van der Waals surface area contributed by atoms with Gasteiger partial charge in [-0.1, -0.05) is 13.3 Å². The molecule has 0 atom stereocenters. The number of nitrogens with two attached hydrogens (primary N) is 1. The molecule has 15 heteroatoms. The highest BCUT2D eigenvalue weighted by Gasteiger charge is 2.48. The number of aliphatic imine (C=N–C) groups is 1. The molecule has 11 nitrogen and oxygen atoms in total. The van der Waals surface area contributed by atoms with E-state index in [1.54, 1.807) is 14.0 Å². The van der Waals surface area contributed by atoms with E-state index in [2.05, 4.69) is 20.7 Å². The van der Waals surface area contributed by atoms with Crippen molar-refractivity contribution in [2.75, 3.05) is 30.4 Å². The van der Waals surface area contributed by atoms with E-state index in [9.17, 15) is 22.8 Å². The standard InChI is InChI=1S/C35H40F4N8O3/c1-19-28(31(41-3)47(45-19)17-27(40)48)20-15-24(36)23(18-50-21-5-6-21)25(16-20)46-13-11-34(12-14-46)32(49)43-30(44-34)22-7-8-26(35(37,38)39)42-29(22)33(2)9-4-10-33/h7-8,15-16,21,41H,4-6,9-14,17-18H2,1-3H3,(H2,40,48)(H,43,44,49). The fraction of sp³-hybridized carbons (Fsp3) is 0.514. The van der Waals surface area contributed by atoms with Gasteiger partial charge in [0.1, 0.15) is 35.2 Å². The predicted molar refractivity (Wildman–Crippen MR) is 178 cm³/mol. The van der Waals surface area contributed by atoms with Crippen LogP contribution in [-0.2, 0) is 39.1 Å². The Morgan fingerprint density at radius 3 is 2.48 bits per heavy atom. The lowest BCUT2D eigenvalue weighted by atomic mass is 9.67. The van der Waals surface area contributed by atoms with Crippen molar-refractivity contribution < 1.29 is 31.9 Å². The number of halogens is 4. The molecular formula is C35H40F4N8O3. The smallest absolute Gasteiger partial charge is 0.373 e. The second-order valence-corrected chi connectivity index (χ2v) is 14.1. The fourth-order valence-electron chi connectivity index (χ4n) is 7.38. The third kappa shape index (κ3) is 6.09. The molecule has 3 fully saturated rings. The van der Waals surface area contributed by atoms with Gasteiger partial charge in [0.05, 0.1) is 24.1 Å². The van der Waals surface area contributed by atoms with Crippen LogP contribution in [0.15, 0.2) is 29.3 Å². The Kier molecular flexibility index (Phi) is 8.39. The molecule has 1 saturated heterocycles. The molecule has 266 valence electrons. The fourth-order valence-corrected chi connectivity index (χ4v) is 7.38.